The summed E-state index contributed by atoms with van der Waals surface area (Å²) in [5, 5.41) is 3.65. The molecule has 19 heavy (non-hydrogen) atoms. The van der Waals surface area contributed by atoms with Crippen molar-refractivity contribution in [2.45, 2.75) is 20.3 Å². The zero-order chi connectivity index (χ0) is 13.8. The predicted molar refractivity (Wildman–Crippen MR) is 77.4 cm³/mol. The number of aromatic nitrogens is 2. The maximum absolute atomic E-state index is 5.98. The summed E-state index contributed by atoms with van der Waals surface area (Å²) in [7, 11) is 1.64. The summed E-state index contributed by atoms with van der Waals surface area (Å²) in [6.07, 6.45) is 0.736. The van der Waals surface area contributed by atoms with Crippen molar-refractivity contribution in [2.24, 2.45) is 0 Å². The van der Waals surface area contributed by atoms with Crippen LogP contribution in [0.2, 0.25) is 5.15 Å². The van der Waals surface area contributed by atoms with Gasteiger partial charge in [-0.3, -0.25) is 0 Å². The van der Waals surface area contributed by atoms with E-state index in [0.29, 0.717) is 16.8 Å². The van der Waals surface area contributed by atoms with Crippen LogP contribution in [-0.4, -0.2) is 17.1 Å². The maximum Gasteiger partial charge on any atom is 0.142 e. The van der Waals surface area contributed by atoms with Gasteiger partial charge in [0.25, 0.3) is 0 Å². The molecule has 100 valence electrons. The summed E-state index contributed by atoms with van der Waals surface area (Å²) in [5.74, 6) is 2.14. The van der Waals surface area contributed by atoms with Crippen LogP contribution in [0, 0.1) is 6.92 Å². The smallest absolute Gasteiger partial charge is 0.142 e. The van der Waals surface area contributed by atoms with Gasteiger partial charge in [0.1, 0.15) is 22.5 Å². The van der Waals surface area contributed by atoms with Crippen molar-refractivity contribution in [1.82, 2.24) is 9.97 Å². The van der Waals surface area contributed by atoms with Crippen LogP contribution < -0.4 is 10.1 Å². The summed E-state index contributed by atoms with van der Waals surface area (Å²) in [4.78, 5) is 8.53. The predicted octanol–water partition coefficient (Wildman–Crippen LogP) is 3.75. The quantitative estimate of drug-likeness (QED) is 0.865. The van der Waals surface area contributed by atoms with E-state index in [9.17, 15) is 0 Å². The van der Waals surface area contributed by atoms with E-state index < -0.39 is 0 Å². The Morgan fingerprint density at radius 1 is 1.26 bits per heavy atom. The van der Waals surface area contributed by atoms with Crippen LogP contribution >= 0.6 is 11.6 Å². The molecule has 0 spiro atoms. The summed E-state index contributed by atoms with van der Waals surface area (Å²) in [5.41, 5.74) is 2.00. The highest BCUT2D eigenvalue weighted by Crippen LogP contribution is 2.28. The average Bonchev–Trinajstić information content (AvgIpc) is 2.38. The number of nitrogens with one attached hydrogen (secondary N) is 1. The summed E-state index contributed by atoms with van der Waals surface area (Å²) in [6.45, 7) is 4.01. The Bertz CT molecular complexity index is 587. The van der Waals surface area contributed by atoms with Gasteiger partial charge in [0.05, 0.1) is 12.8 Å². The third kappa shape index (κ3) is 3.35. The van der Waals surface area contributed by atoms with E-state index in [4.69, 9.17) is 16.3 Å². The van der Waals surface area contributed by atoms with Crippen molar-refractivity contribution >= 4 is 23.1 Å². The van der Waals surface area contributed by atoms with Gasteiger partial charge in [-0.15, -0.1) is 0 Å². The minimum atomic E-state index is 0.431. The minimum absolute atomic E-state index is 0.431. The number of halogens is 1. The van der Waals surface area contributed by atoms with Crippen LogP contribution in [-0.2, 0) is 6.42 Å². The second kappa shape index (κ2) is 5.89. The first-order chi connectivity index (χ1) is 9.12. The van der Waals surface area contributed by atoms with Crippen LogP contribution in [0.4, 0.5) is 11.5 Å². The molecular formula is C14H16ClN3O. The first kappa shape index (κ1) is 13.6. The standard InChI is InChI=1S/C14H16ClN3O/c1-4-13-17-12(15)8-14(18-13)16-10-7-9(2)5-6-11(10)19-3/h5-8H,4H2,1-3H3,(H,16,17,18). The van der Waals surface area contributed by atoms with Crippen molar-refractivity contribution in [3.05, 3.63) is 40.8 Å². The Hall–Kier alpha value is -1.81. The van der Waals surface area contributed by atoms with Gasteiger partial charge in [-0.05, 0) is 24.6 Å². The average molecular weight is 278 g/mol. The van der Waals surface area contributed by atoms with Gasteiger partial charge in [-0.2, -0.15) is 0 Å². The Morgan fingerprint density at radius 3 is 2.74 bits per heavy atom. The first-order valence-corrected chi connectivity index (χ1v) is 6.45. The van der Waals surface area contributed by atoms with E-state index in [0.717, 1.165) is 23.4 Å². The van der Waals surface area contributed by atoms with Crippen LogP contribution in [0.5, 0.6) is 5.75 Å². The number of anilines is 2. The van der Waals surface area contributed by atoms with E-state index >= 15 is 0 Å². The van der Waals surface area contributed by atoms with E-state index in [1.807, 2.05) is 32.0 Å². The zero-order valence-corrected chi connectivity index (χ0v) is 12.0. The van der Waals surface area contributed by atoms with Crippen molar-refractivity contribution < 1.29 is 4.74 Å². The van der Waals surface area contributed by atoms with Crippen LogP contribution in [0.3, 0.4) is 0 Å². The molecule has 0 aliphatic carbocycles. The lowest BCUT2D eigenvalue weighted by atomic mass is 10.2. The van der Waals surface area contributed by atoms with Crippen molar-refractivity contribution in [2.75, 3.05) is 12.4 Å². The number of aryl methyl sites for hydroxylation is 2. The Labute approximate surface area is 117 Å². The van der Waals surface area contributed by atoms with Crippen molar-refractivity contribution in [3.8, 4) is 5.75 Å². The number of ether oxygens (including phenoxy) is 1. The topological polar surface area (TPSA) is 47.0 Å². The van der Waals surface area contributed by atoms with Crippen LogP contribution in [0.1, 0.15) is 18.3 Å². The molecule has 0 saturated heterocycles. The van der Waals surface area contributed by atoms with Gasteiger partial charge in [0, 0.05) is 12.5 Å². The molecule has 2 aromatic rings. The molecule has 0 fully saturated rings. The lowest BCUT2D eigenvalue weighted by Crippen LogP contribution is -2.01. The first-order valence-electron chi connectivity index (χ1n) is 6.07. The molecule has 0 bridgehead atoms. The molecule has 4 nitrogen and oxygen atoms in total. The molecule has 1 heterocycles. The van der Waals surface area contributed by atoms with Gasteiger partial charge in [0.15, 0.2) is 0 Å². The third-order valence-electron chi connectivity index (χ3n) is 2.68. The Kier molecular flexibility index (Phi) is 4.22. The highest BCUT2D eigenvalue weighted by atomic mass is 35.5. The summed E-state index contributed by atoms with van der Waals surface area (Å²) in [6, 6.07) is 7.61. The number of methoxy groups -OCH3 is 1. The van der Waals surface area contributed by atoms with E-state index in [1.54, 1.807) is 13.2 Å². The van der Waals surface area contributed by atoms with E-state index in [2.05, 4.69) is 15.3 Å². The number of hydrogen-bond acceptors (Lipinski definition) is 4. The molecule has 0 amide bonds. The van der Waals surface area contributed by atoms with Gasteiger partial charge in [0.2, 0.25) is 0 Å². The molecule has 0 saturated carbocycles. The van der Waals surface area contributed by atoms with Gasteiger partial charge >= 0.3 is 0 Å². The Morgan fingerprint density at radius 2 is 2.05 bits per heavy atom. The summed E-state index contributed by atoms with van der Waals surface area (Å²) >= 11 is 5.98. The minimum Gasteiger partial charge on any atom is -0.495 e. The molecule has 0 aliphatic rings. The molecule has 0 unspecified atom stereocenters. The molecule has 5 heteroatoms. The van der Waals surface area contributed by atoms with Gasteiger partial charge < -0.3 is 10.1 Å². The van der Waals surface area contributed by atoms with Crippen molar-refractivity contribution in [1.29, 1.82) is 0 Å². The second-order valence-electron chi connectivity index (χ2n) is 4.17. The highest BCUT2D eigenvalue weighted by molar-refractivity contribution is 6.29. The molecule has 1 N–H and O–H groups in total. The zero-order valence-electron chi connectivity index (χ0n) is 11.2. The molecule has 1 aromatic carbocycles. The molecule has 0 aliphatic heterocycles. The van der Waals surface area contributed by atoms with Crippen molar-refractivity contribution in [3.63, 3.8) is 0 Å². The molecule has 2 rings (SSSR count). The number of rotatable bonds is 4. The fraction of sp³-hybridized carbons (Fsp3) is 0.286. The largest absolute Gasteiger partial charge is 0.495 e. The summed E-state index contributed by atoms with van der Waals surface area (Å²) < 4.78 is 5.32. The Balaban J connectivity index is 2.35. The monoisotopic (exact) mass is 277 g/mol. The van der Waals surface area contributed by atoms with Gasteiger partial charge in [-0.1, -0.05) is 24.6 Å². The van der Waals surface area contributed by atoms with Crippen LogP contribution in [0.25, 0.3) is 0 Å². The van der Waals surface area contributed by atoms with Crippen LogP contribution in [0.15, 0.2) is 24.3 Å². The maximum atomic E-state index is 5.98. The molecule has 0 atom stereocenters. The second-order valence-corrected chi connectivity index (χ2v) is 4.56. The normalized spacial score (nSPS) is 10.3. The number of benzene rings is 1. The molecule has 1 aromatic heterocycles. The van der Waals surface area contributed by atoms with Gasteiger partial charge in [-0.25, -0.2) is 9.97 Å². The number of nitrogens with zero attached hydrogens (tertiary/aromatic N) is 2. The number of hydrogen-bond donors (Lipinski definition) is 1. The fourth-order valence-electron chi connectivity index (χ4n) is 1.74. The lowest BCUT2D eigenvalue weighted by molar-refractivity contribution is 0.416. The molecule has 0 radical (unpaired) electrons. The SMILES string of the molecule is CCc1nc(Cl)cc(Nc2cc(C)ccc2OC)n1. The van der Waals surface area contributed by atoms with E-state index in [1.165, 1.54) is 0 Å². The van der Waals surface area contributed by atoms with E-state index in [-0.39, 0.29) is 0 Å². The third-order valence-corrected chi connectivity index (χ3v) is 2.87. The fourth-order valence-corrected chi connectivity index (χ4v) is 1.95. The highest BCUT2D eigenvalue weighted by Gasteiger charge is 2.06. The molecular weight excluding hydrogens is 262 g/mol. The lowest BCUT2D eigenvalue weighted by Gasteiger charge is -2.12.